The van der Waals surface area contributed by atoms with Gasteiger partial charge in [-0.2, -0.15) is 0 Å². The van der Waals surface area contributed by atoms with E-state index >= 15 is 0 Å². The molecule has 2 saturated heterocycles. The Kier molecular flexibility index (Phi) is 3.83. The average molecular weight is 312 g/mol. The van der Waals surface area contributed by atoms with Crippen LogP contribution in [0.2, 0.25) is 0 Å². The quantitative estimate of drug-likeness (QED) is 0.915. The molecule has 2 atom stereocenters. The second-order valence-corrected chi connectivity index (χ2v) is 6.34. The van der Waals surface area contributed by atoms with Gasteiger partial charge >= 0.3 is 0 Å². The van der Waals surface area contributed by atoms with Gasteiger partial charge in [0.1, 0.15) is 5.69 Å². The third-order valence-electron chi connectivity index (χ3n) is 4.95. The smallest absolute Gasteiger partial charge is 0.292 e. The summed E-state index contributed by atoms with van der Waals surface area (Å²) in [5.74, 6) is 1.64. The lowest BCUT2D eigenvalue weighted by Crippen LogP contribution is -2.32. The number of carbonyl (C=O) groups is 1. The number of hydrogen-bond donors (Lipinski definition) is 1. The van der Waals surface area contributed by atoms with Crippen LogP contribution in [0.1, 0.15) is 23.4 Å². The van der Waals surface area contributed by atoms with Crippen molar-refractivity contribution >= 4 is 5.91 Å². The Morgan fingerprint density at radius 3 is 2.65 bits per heavy atom. The number of rotatable bonds is 2. The Morgan fingerprint density at radius 1 is 1.17 bits per heavy atom. The van der Waals surface area contributed by atoms with Gasteiger partial charge in [-0.05, 0) is 49.9 Å². The first-order valence-electron chi connectivity index (χ1n) is 8.19. The lowest BCUT2D eigenvalue weighted by molar-refractivity contribution is 0.0716. The molecule has 2 aromatic rings. The van der Waals surface area contributed by atoms with Crippen LogP contribution in [-0.4, -0.2) is 47.1 Å². The van der Waals surface area contributed by atoms with Crippen molar-refractivity contribution < 1.29 is 9.32 Å². The predicted molar refractivity (Wildman–Crippen MR) is 84.7 cm³/mol. The van der Waals surface area contributed by atoms with E-state index in [0.717, 1.165) is 39.0 Å². The summed E-state index contributed by atoms with van der Waals surface area (Å²) < 4.78 is 5.28. The van der Waals surface area contributed by atoms with E-state index in [2.05, 4.69) is 15.5 Å². The molecule has 2 fully saturated rings. The van der Waals surface area contributed by atoms with Crippen LogP contribution < -0.4 is 5.32 Å². The molecule has 4 rings (SSSR count). The molecule has 2 aliphatic heterocycles. The fraction of sp³-hybridized carbons (Fsp3) is 0.471. The van der Waals surface area contributed by atoms with Crippen molar-refractivity contribution in [1.29, 1.82) is 0 Å². The maximum atomic E-state index is 12.7. The van der Waals surface area contributed by atoms with Gasteiger partial charge in [-0.25, -0.2) is 0 Å². The summed E-state index contributed by atoms with van der Waals surface area (Å²) in [4.78, 5) is 18.8. The highest BCUT2D eigenvalue weighted by Gasteiger charge is 2.32. The molecule has 6 heteroatoms. The third-order valence-corrected chi connectivity index (χ3v) is 4.95. The molecule has 1 N–H and O–H groups in total. The largest absolute Gasteiger partial charge is 0.350 e. The Morgan fingerprint density at radius 2 is 1.96 bits per heavy atom. The molecule has 120 valence electrons. The molecule has 2 aromatic heterocycles. The standard InChI is InChI=1S/C17H20N4O2/c22-17(21-7-4-12-10-18-11-13(12)5-8-21)16-9-15(20-23-16)14-3-1-2-6-19-14/h1-3,6,9,12-13,18H,4-5,7-8,10-11H2/t12-,13+. The summed E-state index contributed by atoms with van der Waals surface area (Å²) in [6, 6.07) is 7.28. The zero-order valence-corrected chi connectivity index (χ0v) is 12.9. The first-order chi connectivity index (χ1) is 11.3. The molecule has 0 radical (unpaired) electrons. The summed E-state index contributed by atoms with van der Waals surface area (Å²) >= 11 is 0. The van der Waals surface area contributed by atoms with Crippen LogP contribution in [0.25, 0.3) is 11.4 Å². The molecule has 2 aliphatic rings. The van der Waals surface area contributed by atoms with Crippen molar-refractivity contribution in [2.75, 3.05) is 26.2 Å². The number of nitrogens with zero attached hydrogens (tertiary/aromatic N) is 3. The van der Waals surface area contributed by atoms with Crippen molar-refractivity contribution in [3.63, 3.8) is 0 Å². The van der Waals surface area contributed by atoms with Crippen LogP contribution in [0.3, 0.4) is 0 Å². The highest BCUT2D eigenvalue weighted by atomic mass is 16.5. The Balaban J connectivity index is 1.48. The lowest BCUT2D eigenvalue weighted by atomic mass is 9.92. The molecule has 23 heavy (non-hydrogen) atoms. The normalized spacial score (nSPS) is 24.3. The van der Waals surface area contributed by atoms with E-state index in [4.69, 9.17) is 4.52 Å². The van der Waals surface area contributed by atoms with Gasteiger partial charge in [0.25, 0.3) is 5.91 Å². The molecular weight excluding hydrogens is 292 g/mol. The number of pyridine rings is 1. The fourth-order valence-electron chi connectivity index (χ4n) is 3.59. The van der Waals surface area contributed by atoms with Crippen LogP contribution >= 0.6 is 0 Å². The molecule has 0 spiro atoms. The summed E-state index contributed by atoms with van der Waals surface area (Å²) in [7, 11) is 0. The van der Waals surface area contributed by atoms with Crippen molar-refractivity contribution in [2.24, 2.45) is 11.8 Å². The van der Waals surface area contributed by atoms with Crippen molar-refractivity contribution in [3.8, 4) is 11.4 Å². The van der Waals surface area contributed by atoms with Crippen molar-refractivity contribution in [2.45, 2.75) is 12.8 Å². The maximum absolute atomic E-state index is 12.7. The molecule has 0 unspecified atom stereocenters. The van der Waals surface area contributed by atoms with Crippen LogP contribution in [0.15, 0.2) is 35.0 Å². The average Bonchev–Trinajstić information content (AvgIpc) is 3.21. The van der Waals surface area contributed by atoms with Gasteiger partial charge in [-0.15, -0.1) is 0 Å². The fourth-order valence-corrected chi connectivity index (χ4v) is 3.59. The lowest BCUT2D eigenvalue weighted by Gasteiger charge is -2.19. The summed E-state index contributed by atoms with van der Waals surface area (Å²) in [5, 5.41) is 7.44. The first kappa shape index (κ1) is 14.4. The van der Waals surface area contributed by atoms with Gasteiger partial charge in [0.2, 0.25) is 5.76 Å². The highest BCUT2D eigenvalue weighted by Crippen LogP contribution is 2.28. The molecule has 0 bridgehead atoms. The number of hydrogen-bond acceptors (Lipinski definition) is 5. The molecule has 4 heterocycles. The van der Waals surface area contributed by atoms with Crippen LogP contribution in [-0.2, 0) is 0 Å². The van der Waals surface area contributed by atoms with Gasteiger partial charge in [-0.3, -0.25) is 9.78 Å². The van der Waals surface area contributed by atoms with Crippen molar-refractivity contribution in [1.82, 2.24) is 20.4 Å². The van der Waals surface area contributed by atoms with E-state index in [1.807, 2.05) is 23.1 Å². The summed E-state index contributed by atoms with van der Waals surface area (Å²) in [6.45, 7) is 3.75. The van der Waals surface area contributed by atoms with E-state index in [1.165, 1.54) is 0 Å². The van der Waals surface area contributed by atoms with E-state index in [0.29, 0.717) is 29.0 Å². The summed E-state index contributed by atoms with van der Waals surface area (Å²) in [5.41, 5.74) is 1.32. The minimum atomic E-state index is -0.0624. The number of aromatic nitrogens is 2. The molecule has 0 aromatic carbocycles. The zero-order valence-electron chi connectivity index (χ0n) is 12.9. The van der Waals surface area contributed by atoms with Crippen LogP contribution in [0.5, 0.6) is 0 Å². The molecule has 6 nitrogen and oxygen atoms in total. The minimum Gasteiger partial charge on any atom is -0.350 e. The summed E-state index contributed by atoms with van der Waals surface area (Å²) in [6.07, 6.45) is 3.82. The maximum Gasteiger partial charge on any atom is 0.292 e. The number of carbonyl (C=O) groups excluding carboxylic acids is 1. The van der Waals surface area contributed by atoms with E-state index < -0.39 is 0 Å². The Hall–Kier alpha value is -2.21. The second kappa shape index (κ2) is 6.12. The number of amides is 1. The first-order valence-corrected chi connectivity index (χ1v) is 8.19. The monoisotopic (exact) mass is 312 g/mol. The van der Waals surface area contributed by atoms with E-state index in [1.54, 1.807) is 12.3 Å². The van der Waals surface area contributed by atoms with Gasteiger partial charge in [-0.1, -0.05) is 11.2 Å². The highest BCUT2D eigenvalue weighted by molar-refractivity contribution is 5.92. The third kappa shape index (κ3) is 2.86. The van der Waals surface area contributed by atoms with Gasteiger partial charge in [0, 0.05) is 25.4 Å². The molecular formula is C17H20N4O2. The number of likely N-dealkylation sites (tertiary alicyclic amines) is 1. The SMILES string of the molecule is O=C(c1cc(-c2ccccn2)no1)N1CC[C@@H]2CNC[C@@H]2CC1. The predicted octanol–water partition coefficient (Wildman–Crippen LogP) is 1.81. The molecule has 1 amide bonds. The molecule has 0 saturated carbocycles. The molecule has 0 aliphatic carbocycles. The van der Waals surface area contributed by atoms with Crippen LogP contribution in [0.4, 0.5) is 0 Å². The zero-order chi connectivity index (χ0) is 15.6. The van der Waals surface area contributed by atoms with E-state index in [9.17, 15) is 4.79 Å². The van der Waals surface area contributed by atoms with Gasteiger partial charge in [0.05, 0.1) is 5.69 Å². The van der Waals surface area contributed by atoms with Crippen molar-refractivity contribution in [3.05, 3.63) is 36.2 Å². The van der Waals surface area contributed by atoms with Crippen LogP contribution in [0, 0.1) is 11.8 Å². The minimum absolute atomic E-state index is 0.0624. The van der Waals surface area contributed by atoms with Gasteiger partial charge < -0.3 is 14.7 Å². The topological polar surface area (TPSA) is 71.3 Å². The second-order valence-electron chi connectivity index (χ2n) is 6.34. The number of nitrogens with one attached hydrogen (secondary N) is 1. The van der Waals surface area contributed by atoms with Gasteiger partial charge in [0.15, 0.2) is 0 Å². The Bertz CT molecular complexity index is 671. The number of fused-ring (bicyclic) bond motifs is 1. The Labute approximate surface area is 134 Å². The van der Waals surface area contributed by atoms with E-state index in [-0.39, 0.29) is 5.91 Å².